The second-order valence-electron chi connectivity index (χ2n) is 6.13. The normalized spacial score (nSPS) is 10.8. The third-order valence-corrected chi connectivity index (χ3v) is 4.14. The van der Waals surface area contributed by atoms with E-state index in [0.29, 0.717) is 35.0 Å². The molecule has 28 heavy (non-hydrogen) atoms. The van der Waals surface area contributed by atoms with Crippen LogP contribution in [-0.4, -0.2) is 34.6 Å². The predicted molar refractivity (Wildman–Crippen MR) is 100 cm³/mol. The maximum atomic E-state index is 5.72. The Morgan fingerprint density at radius 3 is 2.54 bits per heavy atom. The van der Waals surface area contributed by atoms with Gasteiger partial charge in [0.2, 0.25) is 23.5 Å². The van der Waals surface area contributed by atoms with E-state index in [9.17, 15) is 0 Å². The molecule has 8 heteroatoms. The highest BCUT2D eigenvalue weighted by molar-refractivity contribution is 5.60. The first-order chi connectivity index (χ1) is 13.7. The van der Waals surface area contributed by atoms with Crippen molar-refractivity contribution in [1.82, 2.24) is 20.3 Å². The number of methoxy groups -OCH3 is 2. The van der Waals surface area contributed by atoms with Crippen molar-refractivity contribution in [2.24, 2.45) is 0 Å². The summed E-state index contributed by atoms with van der Waals surface area (Å²) in [5.41, 5.74) is 2.74. The Morgan fingerprint density at radius 2 is 1.75 bits per heavy atom. The minimum absolute atomic E-state index is 0.249. The Morgan fingerprint density at radius 1 is 0.893 bits per heavy atom. The smallest absolute Gasteiger partial charge is 0.247 e. The number of aromatic nitrogens is 4. The average molecular weight is 378 g/mol. The van der Waals surface area contributed by atoms with E-state index in [1.165, 1.54) is 0 Å². The van der Waals surface area contributed by atoms with Crippen molar-refractivity contribution in [3.05, 3.63) is 59.8 Å². The van der Waals surface area contributed by atoms with Crippen LogP contribution in [0.4, 0.5) is 0 Å². The molecule has 0 atom stereocenters. The highest BCUT2D eigenvalue weighted by atomic mass is 16.5. The van der Waals surface area contributed by atoms with Gasteiger partial charge in [-0.3, -0.25) is 0 Å². The summed E-state index contributed by atoms with van der Waals surface area (Å²) >= 11 is 0. The number of nitrogens with zero attached hydrogens (tertiary/aromatic N) is 4. The molecular weight excluding hydrogens is 360 g/mol. The molecule has 0 aliphatic rings. The largest absolute Gasteiger partial charge is 0.493 e. The molecule has 0 radical (unpaired) electrons. The van der Waals surface area contributed by atoms with Crippen molar-refractivity contribution in [3.8, 4) is 34.3 Å². The van der Waals surface area contributed by atoms with Gasteiger partial charge in [0, 0.05) is 11.1 Å². The Labute approximate surface area is 161 Å². The first-order valence-corrected chi connectivity index (χ1v) is 8.60. The summed E-state index contributed by atoms with van der Waals surface area (Å²) in [5.74, 6) is 2.89. The van der Waals surface area contributed by atoms with Gasteiger partial charge in [-0.05, 0) is 37.3 Å². The molecule has 0 bridgehead atoms. The van der Waals surface area contributed by atoms with Gasteiger partial charge >= 0.3 is 0 Å². The number of aryl methyl sites for hydroxylation is 1. The Kier molecular flexibility index (Phi) is 4.76. The summed E-state index contributed by atoms with van der Waals surface area (Å²) in [4.78, 5) is 4.40. The molecule has 0 N–H and O–H groups in total. The number of hydrogen-bond donors (Lipinski definition) is 0. The molecule has 0 fully saturated rings. The van der Waals surface area contributed by atoms with Gasteiger partial charge in [0.15, 0.2) is 11.5 Å². The van der Waals surface area contributed by atoms with Crippen LogP contribution in [0.2, 0.25) is 0 Å². The summed E-state index contributed by atoms with van der Waals surface area (Å²) in [7, 11) is 3.16. The molecule has 4 rings (SSSR count). The molecular formula is C20H18N4O4. The fourth-order valence-corrected chi connectivity index (χ4v) is 2.77. The number of hydrogen-bond acceptors (Lipinski definition) is 8. The summed E-state index contributed by atoms with van der Waals surface area (Å²) in [6, 6.07) is 13.3. The zero-order valence-electron chi connectivity index (χ0n) is 15.7. The van der Waals surface area contributed by atoms with Gasteiger partial charge in [-0.2, -0.15) is 4.98 Å². The van der Waals surface area contributed by atoms with Crippen LogP contribution in [0.1, 0.15) is 17.3 Å². The van der Waals surface area contributed by atoms with Crippen molar-refractivity contribution in [3.63, 3.8) is 0 Å². The van der Waals surface area contributed by atoms with Crippen LogP contribution < -0.4 is 9.47 Å². The molecule has 0 aliphatic carbocycles. The van der Waals surface area contributed by atoms with E-state index in [1.807, 2.05) is 37.3 Å². The van der Waals surface area contributed by atoms with Gasteiger partial charge in [0.1, 0.15) is 6.42 Å². The fourth-order valence-electron chi connectivity index (χ4n) is 2.77. The standard InChI is InChI=1S/C20H18N4O4/c1-12-5-4-6-14(9-12)20-23-22-18(27-20)11-17-21-19(24-28-17)13-7-8-15(25-2)16(10-13)26-3/h4-10H,11H2,1-3H3. The highest BCUT2D eigenvalue weighted by Gasteiger charge is 2.16. The topological polar surface area (TPSA) is 96.3 Å². The summed E-state index contributed by atoms with van der Waals surface area (Å²) in [6.45, 7) is 2.01. The number of benzene rings is 2. The van der Waals surface area contributed by atoms with E-state index in [0.717, 1.165) is 16.7 Å². The van der Waals surface area contributed by atoms with Crippen molar-refractivity contribution in [2.75, 3.05) is 14.2 Å². The van der Waals surface area contributed by atoms with Crippen molar-refractivity contribution >= 4 is 0 Å². The second kappa shape index (κ2) is 7.51. The van der Waals surface area contributed by atoms with Crippen LogP contribution in [-0.2, 0) is 6.42 Å². The lowest BCUT2D eigenvalue weighted by Crippen LogP contribution is -1.92. The highest BCUT2D eigenvalue weighted by Crippen LogP contribution is 2.31. The fraction of sp³-hybridized carbons (Fsp3) is 0.200. The maximum absolute atomic E-state index is 5.72. The van der Waals surface area contributed by atoms with E-state index < -0.39 is 0 Å². The first kappa shape index (κ1) is 17.7. The molecule has 0 saturated heterocycles. The summed E-state index contributed by atoms with van der Waals surface area (Å²) in [6.07, 6.45) is 0.249. The van der Waals surface area contributed by atoms with Crippen molar-refractivity contribution in [1.29, 1.82) is 0 Å². The van der Waals surface area contributed by atoms with E-state index in [1.54, 1.807) is 26.4 Å². The third-order valence-electron chi connectivity index (χ3n) is 4.14. The average Bonchev–Trinajstić information content (AvgIpc) is 3.37. The molecule has 0 spiro atoms. The van der Waals surface area contributed by atoms with Crippen molar-refractivity contribution < 1.29 is 18.4 Å². The van der Waals surface area contributed by atoms with E-state index in [2.05, 4.69) is 20.3 Å². The molecule has 0 aliphatic heterocycles. The van der Waals surface area contributed by atoms with Gasteiger partial charge in [0.05, 0.1) is 14.2 Å². The molecule has 142 valence electrons. The van der Waals surface area contributed by atoms with E-state index in [-0.39, 0.29) is 6.42 Å². The lowest BCUT2D eigenvalue weighted by atomic mass is 10.1. The summed E-state index contributed by atoms with van der Waals surface area (Å²) in [5, 5.41) is 12.2. The lowest BCUT2D eigenvalue weighted by molar-refractivity contribution is 0.355. The van der Waals surface area contributed by atoms with Crippen LogP contribution >= 0.6 is 0 Å². The molecule has 8 nitrogen and oxygen atoms in total. The SMILES string of the molecule is COc1ccc(-c2noc(Cc3nnc(-c4cccc(C)c4)o3)n2)cc1OC. The minimum Gasteiger partial charge on any atom is -0.493 e. The van der Waals surface area contributed by atoms with Crippen LogP contribution in [0.5, 0.6) is 11.5 Å². The molecule has 0 saturated carbocycles. The van der Waals surface area contributed by atoms with Gasteiger partial charge in [-0.15, -0.1) is 10.2 Å². The molecule has 0 unspecified atom stereocenters. The van der Waals surface area contributed by atoms with Crippen LogP contribution in [0, 0.1) is 6.92 Å². The zero-order chi connectivity index (χ0) is 19.5. The number of ether oxygens (including phenoxy) is 2. The molecule has 0 amide bonds. The first-order valence-electron chi connectivity index (χ1n) is 8.60. The van der Waals surface area contributed by atoms with Crippen LogP contribution in [0.3, 0.4) is 0 Å². The van der Waals surface area contributed by atoms with Crippen LogP contribution in [0.15, 0.2) is 51.4 Å². The second-order valence-corrected chi connectivity index (χ2v) is 6.13. The van der Waals surface area contributed by atoms with Gasteiger partial charge in [0.25, 0.3) is 0 Å². The Balaban J connectivity index is 1.53. The van der Waals surface area contributed by atoms with Gasteiger partial charge in [-0.1, -0.05) is 22.9 Å². The quantitative estimate of drug-likeness (QED) is 0.501. The third kappa shape index (κ3) is 3.57. The summed E-state index contributed by atoms with van der Waals surface area (Å²) < 4.78 is 21.6. The zero-order valence-corrected chi connectivity index (χ0v) is 15.7. The van der Waals surface area contributed by atoms with Gasteiger partial charge in [-0.25, -0.2) is 0 Å². The Hall–Kier alpha value is -3.68. The molecule has 2 aromatic carbocycles. The molecule has 2 aromatic heterocycles. The maximum Gasteiger partial charge on any atom is 0.247 e. The molecule has 4 aromatic rings. The van der Waals surface area contributed by atoms with E-state index >= 15 is 0 Å². The van der Waals surface area contributed by atoms with E-state index in [4.69, 9.17) is 18.4 Å². The minimum atomic E-state index is 0.249. The Bertz CT molecular complexity index is 1100. The monoisotopic (exact) mass is 378 g/mol. The predicted octanol–water partition coefficient (Wildman–Crippen LogP) is 3.70. The molecule has 2 heterocycles. The van der Waals surface area contributed by atoms with Crippen LogP contribution in [0.25, 0.3) is 22.8 Å². The number of rotatable bonds is 6. The van der Waals surface area contributed by atoms with Gasteiger partial charge < -0.3 is 18.4 Å². The van der Waals surface area contributed by atoms with Crippen molar-refractivity contribution in [2.45, 2.75) is 13.3 Å². The lowest BCUT2D eigenvalue weighted by Gasteiger charge is -2.07.